The number of hydrogen-bond acceptors (Lipinski definition) is 2. The Morgan fingerprint density at radius 2 is 2.27 bits per heavy atom. The lowest BCUT2D eigenvalue weighted by atomic mass is 10.1. The van der Waals surface area contributed by atoms with Gasteiger partial charge in [-0.1, -0.05) is 17.7 Å². The van der Waals surface area contributed by atoms with Gasteiger partial charge < -0.3 is 15.0 Å². The van der Waals surface area contributed by atoms with Gasteiger partial charge in [-0.3, -0.25) is 0 Å². The molecule has 1 aromatic carbocycles. The molecule has 0 radical (unpaired) electrons. The third kappa shape index (κ3) is 3.84. The maximum Gasteiger partial charge on any atom is 0.317 e. The normalized spacial score (nSPS) is 22.0. The van der Waals surface area contributed by atoms with Crippen molar-refractivity contribution in [2.75, 3.05) is 19.7 Å². The molecule has 2 rings (SSSR count). The fourth-order valence-corrected chi connectivity index (χ4v) is 2.30. The van der Waals surface area contributed by atoms with Crippen molar-refractivity contribution in [1.82, 2.24) is 10.2 Å². The van der Waals surface area contributed by atoms with Crippen molar-refractivity contribution in [3.63, 3.8) is 0 Å². The first-order chi connectivity index (χ1) is 10.3. The van der Waals surface area contributed by atoms with E-state index in [9.17, 15) is 18.0 Å². The van der Waals surface area contributed by atoms with E-state index in [4.69, 9.17) is 16.3 Å². The molecule has 22 heavy (non-hydrogen) atoms. The summed E-state index contributed by atoms with van der Waals surface area (Å²) in [4.78, 5) is 13.3. The number of carbonyl (C=O) groups excluding carboxylic acids is 1. The first kappa shape index (κ1) is 16.9. The molecule has 1 heterocycles. The minimum atomic E-state index is -2.70. The topological polar surface area (TPSA) is 41.6 Å². The standard InChI is InChI=1S/C14H16ClF3N2O2/c1-14(12(17)18)8-20(4-5-22-14)13(21)19-7-9-2-3-10(15)6-11(9)16/h2-3,6,12H,4-5,7-8H2,1H3,(H,19,21). The second-order valence-corrected chi connectivity index (χ2v) is 5.71. The summed E-state index contributed by atoms with van der Waals surface area (Å²) in [6, 6.07) is 3.57. The summed E-state index contributed by atoms with van der Waals surface area (Å²) in [7, 11) is 0. The molecule has 1 aromatic rings. The van der Waals surface area contributed by atoms with Crippen molar-refractivity contribution in [3.05, 3.63) is 34.6 Å². The highest BCUT2D eigenvalue weighted by Crippen LogP contribution is 2.25. The molecule has 2 amide bonds. The van der Waals surface area contributed by atoms with Crippen LogP contribution in [0.5, 0.6) is 0 Å². The largest absolute Gasteiger partial charge is 0.366 e. The molecule has 1 aliphatic heterocycles. The lowest BCUT2D eigenvalue weighted by molar-refractivity contribution is -0.161. The van der Waals surface area contributed by atoms with Gasteiger partial charge in [0.25, 0.3) is 6.43 Å². The van der Waals surface area contributed by atoms with Gasteiger partial charge in [-0.2, -0.15) is 0 Å². The van der Waals surface area contributed by atoms with Gasteiger partial charge in [-0.25, -0.2) is 18.0 Å². The lowest BCUT2D eigenvalue weighted by Gasteiger charge is -2.39. The molecule has 0 spiro atoms. The van der Waals surface area contributed by atoms with Crippen molar-refractivity contribution >= 4 is 17.6 Å². The number of hydrogen-bond donors (Lipinski definition) is 1. The van der Waals surface area contributed by atoms with E-state index in [0.29, 0.717) is 0 Å². The lowest BCUT2D eigenvalue weighted by Crippen LogP contribution is -2.57. The van der Waals surface area contributed by atoms with Gasteiger partial charge in [0.1, 0.15) is 11.4 Å². The maximum absolute atomic E-state index is 13.6. The Morgan fingerprint density at radius 3 is 2.91 bits per heavy atom. The molecule has 0 aliphatic carbocycles. The third-order valence-electron chi connectivity index (χ3n) is 3.49. The first-order valence-corrected chi connectivity index (χ1v) is 7.08. The van der Waals surface area contributed by atoms with E-state index in [1.54, 1.807) is 0 Å². The average Bonchev–Trinajstić information content (AvgIpc) is 2.46. The van der Waals surface area contributed by atoms with E-state index < -0.39 is 23.9 Å². The molecular weight excluding hydrogens is 321 g/mol. The summed E-state index contributed by atoms with van der Waals surface area (Å²) in [5, 5.41) is 2.77. The SMILES string of the molecule is CC1(C(F)F)CN(C(=O)NCc2ccc(Cl)cc2F)CCO1. The van der Waals surface area contributed by atoms with E-state index in [-0.39, 0.29) is 36.8 Å². The van der Waals surface area contributed by atoms with Gasteiger partial charge in [0, 0.05) is 23.7 Å². The minimum Gasteiger partial charge on any atom is -0.366 e. The number of carbonyl (C=O) groups is 1. The summed E-state index contributed by atoms with van der Waals surface area (Å²) >= 11 is 5.64. The zero-order chi connectivity index (χ0) is 16.3. The molecular formula is C14H16ClF3N2O2. The molecule has 8 heteroatoms. The van der Waals surface area contributed by atoms with Crippen LogP contribution < -0.4 is 5.32 Å². The number of rotatable bonds is 3. The number of morpholine rings is 1. The zero-order valence-electron chi connectivity index (χ0n) is 11.9. The van der Waals surface area contributed by atoms with Crippen molar-refractivity contribution in [1.29, 1.82) is 0 Å². The number of ether oxygens (including phenoxy) is 1. The Hall–Kier alpha value is -1.47. The highest BCUT2D eigenvalue weighted by atomic mass is 35.5. The minimum absolute atomic E-state index is 0.0313. The average molecular weight is 337 g/mol. The maximum atomic E-state index is 13.6. The van der Waals surface area contributed by atoms with E-state index >= 15 is 0 Å². The van der Waals surface area contributed by atoms with Crippen LogP contribution >= 0.6 is 11.6 Å². The molecule has 1 N–H and O–H groups in total. The first-order valence-electron chi connectivity index (χ1n) is 6.70. The fraction of sp³-hybridized carbons (Fsp3) is 0.500. The number of halogens is 4. The number of nitrogens with zero attached hydrogens (tertiary/aromatic N) is 1. The number of amides is 2. The molecule has 0 saturated carbocycles. The zero-order valence-corrected chi connectivity index (χ0v) is 12.7. The Morgan fingerprint density at radius 1 is 1.55 bits per heavy atom. The molecule has 0 aromatic heterocycles. The molecule has 1 aliphatic rings. The number of urea groups is 1. The van der Waals surface area contributed by atoms with E-state index in [0.717, 1.165) is 6.07 Å². The number of nitrogens with one attached hydrogen (secondary N) is 1. The van der Waals surface area contributed by atoms with Gasteiger partial charge in [0.2, 0.25) is 0 Å². The van der Waals surface area contributed by atoms with Crippen LogP contribution in [0.1, 0.15) is 12.5 Å². The van der Waals surface area contributed by atoms with Crippen LogP contribution in [0.25, 0.3) is 0 Å². The molecule has 1 fully saturated rings. The molecule has 122 valence electrons. The smallest absolute Gasteiger partial charge is 0.317 e. The van der Waals surface area contributed by atoms with Gasteiger partial charge in [0.15, 0.2) is 0 Å². The van der Waals surface area contributed by atoms with Gasteiger partial charge in [-0.05, 0) is 19.1 Å². The predicted octanol–water partition coefficient (Wildman–Crippen LogP) is 3.04. The highest BCUT2D eigenvalue weighted by molar-refractivity contribution is 6.30. The summed E-state index contributed by atoms with van der Waals surface area (Å²) in [6.07, 6.45) is -2.70. The van der Waals surface area contributed by atoms with Crippen LogP contribution in [0.4, 0.5) is 18.0 Å². The third-order valence-corrected chi connectivity index (χ3v) is 3.73. The van der Waals surface area contributed by atoms with Gasteiger partial charge >= 0.3 is 6.03 Å². The van der Waals surface area contributed by atoms with Crippen molar-refractivity contribution in [3.8, 4) is 0 Å². The summed E-state index contributed by atoms with van der Waals surface area (Å²) in [6.45, 7) is 1.22. The van der Waals surface area contributed by atoms with Crippen molar-refractivity contribution < 1.29 is 22.7 Å². The molecule has 1 saturated heterocycles. The Labute approximate surface area is 131 Å². The summed E-state index contributed by atoms with van der Waals surface area (Å²) in [5.74, 6) is -0.535. The predicted molar refractivity (Wildman–Crippen MR) is 75.6 cm³/mol. The monoisotopic (exact) mass is 336 g/mol. The van der Waals surface area contributed by atoms with E-state index in [2.05, 4.69) is 5.32 Å². The Kier molecular flexibility index (Phi) is 5.18. The molecule has 0 bridgehead atoms. The van der Waals surface area contributed by atoms with Crippen LogP contribution in [0.3, 0.4) is 0 Å². The van der Waals surface area contributed by atoms with Crippen LogP contribution in [0.15, 0.2) is 18.2 Å². The number of benzene rings is 1. The molecule has 4 nitrogen and oxygen atoms in total. The molecule has 1 unspecified atom stereocenters. The number of alkyl halides is 2. The fourth-order valence-electron chi connectivity index (χ4n) is 2.15. The van der Waals surface area contributed by atoms with Crippen LogP contribution in [-0.2, 0) is 11.3 Å². The highest BCUT2D eigenvalue weighted by Gasteiger charge is 2.42. The quantitative estimate of drug-likeness (QED) is 0.921. The van der Waals surface area contributed by atoms with Crippen molar-refractivity contribution in [2.45, 2.75) is 25.5 Å². The molecule has 1 atom stereocenters. The van der Waals surface area contributed by atoms with Crippen LogP contribution in [0, 0.1) is 5.82 Å². The van der Waals surface area contributed by atoms with E-state index in [1.807, 2.05) is 0 Å². The van der Waals surface area contributed by atoms with Crippen LogP contribution in [0.2, 0.25) is 5.02 Å². The van der Waals surface area contributed by atoms with Crippen molar-refractivity contribution in [2.24, 2.45) is 0 Å². The van der Waals surface area contributed by atoms with Crippen LogP contribution in [-0.4, -0.2) is 42.7 Å². The second-order valence-electron chi connectivity index (χ2n) is 5.28. The Bertz CT molecular complexity index is 559. The van der Waals surface area contributed by atoms with Gasteiger partial charge in [-0.15, -0.1) is 0 Å². The Balaban J connectivity index is 1.94. The second kappa shape index (κ2) is 6.75. The van der Waals surface area contributed by atoms with Gasteiger partial charge in [0.05, 0.1) is 13.2 Å². The van der Waals surface area contributed by atoms with E-state index in [1.165, 1.54) is 24.0 Å². The summed E-state index contributed by atoms with van der Waals surface area (Å²) < 4.78 is 44.5. The summed E-state index contributed by atoms with van der Waals surface area (Å²) in [5.41, 5.74) is -1.41.